The van der Waals surface area contributed by atoms with Gasteiger partial charge in [-0.15, -0.1) is 0 Å². The number of sulfonamides is 1. The largest absolute Gasteiger partial charge is 0.386 e. The number of rotatable bonds is 4. The van der Waals surface area contributed by atoms with Crippen LogP contribution in [0.3, 0.4) is 0 Å². The van der Waals surface area contributed by atoms with E-state index < -0.39 is 10.0 Å². The molecule has 5 nitrogen and oxygen atoms in total. The van der Waals surface area contributed by atoms with Crippen LogP contribution in [0, 0.1) is 0 Å². The Morgan fingerprint density at radius 2 is 2.00 bits per heavy atom. The first-order valence-electron chi connectivity index (χ1n) is 5.54. The van der Waals surface area contributed by atoms with E-state index in [-0.39, 0.29) is 10.7 Å². The Morgan fingerprint density at radius 3 is 2.70 bits per heavy atom. The Morgan fingerprint density at radius 1 is 1.25 bits per heavy atom. The summed E-state index contributed by atoms with van der Waals surface area (Å²) in [6, 6.07) is 8.18. The first kappa shape index (κ1) is 15.1. The average molecular weight is 377 g/mol. The fourth-order valence-corrected chi connectivity index (χ4v) is 3.36. The van der Waals surface area contributed by atoms with Crippen molar-refractivity contribution in [1.82, 2.24) is 4.98 Å². The van der Waals surface area contributed by atoms with Crippen LogP contribution in [0.15, 0.2) is 46.0 Å². The third-order valence-electron chi connectivity index (χ3n) is 2.47. The molecule has 0 spiro atoms. The molecule has 0 amide bonds. The van der Waals surface area contributed by atoms with Gasteiger partial charge < -0.3 is 5.32 Å². The van der Waals surface area contributed by atoms with E-state index in [4.69, 9.17) is 11.6 Å². The number of halogens is 2. The van der Waals surface area contributed by atoms with Crippen molar-refractivity contribution in [1.29, 1.82) is 0 Å². The standard InChI is InChI=1S/C12H11BrClN3O2S/c1-15-10-3-2-6-16-12(10)20(18,19)17-11-7-8(13)4-5-9(11)14/h2-7,15,17H,1H3. The minimum absolute atomic E-state index is 0.0847. The van der Waals surface area contributed by atoms with Gasteiger partial charge in [-0.05, 0) is 30.3 Å². The molecule has 0 saturated heterocycles. The summed E-state index contributed by atoms with van der Waals surface area (Å²) in [5.41, 5.74) is 0.694. The molecule has 0 saturated carbocycles. The Kier molecular flexibility index (Phi) is 4.52. The van der Waals surface area contributed by atoms with Crippen molar-refractivity contribution >= 4 is 48.9 Å². The molecular weight excluding hydrogens is 366 g/mol. The van der Waals surface area contributed by atoms with Crippen molar-refractivity contribution in [3.63, 3.8) is 0 Å². The molecule has 1 aromatic heterocycles. The van der Waals surface area contributed by atoms with E-state index >= 15 is 0 Å². The van der Waals surface area contributed by atoms with E-state index in [1.54, 1.807) is 37.4 Å². The smallest absolute Gasteiger partial charge is 0.281 e. The molecule has 1 aromatic carbocycles. The van der Waals surface area contributed by atoms with Crippen LogP contribution in [0.2, 0.25) is 5.02 Å². The molecule has 1 heterocycles. The van der Waals surface area contributed by atoms with Crippen LogP contribution in [0.5, 0.6) is 0 Å². The van der Waals surface area contributed by atoms with Crippen LogP contribution in [0.1, 0.15) is 0 Å². The second-order valence-electron chi connectivity index (χ2n) is 3.84. The van der Waals surface area contributed by atoms with Crippen molar-refractivity contribution in [3.8, 4) is 0 Å². The van der Waals surface area contributed by atoms with Gasteiger partial charge in [0.1, 0.15) is 0 Å². The minimum atomic E-state index is -3.82. The molecule has 0 bridgehead atoms. The molecule has 0 fully saturated rings. The first-order valence-corrected chi connectivity index (χ1v) is 8.20. The lowest BCUT2D eigenvalue weighted by atomic mass is 10.3. The van der Waals surface area contributed by atoms with Crippen LogP contribution in [0.4, 0.5) is 11.4 Å². The molecule has 0 aliphatic carbocycles. The van der Waals surface area contributed by atoms with Gasteiger partial charge in [-0.1, -0.05) is 27.5 Å². The predicted molar refractivity (Wildman–Crippen MR) is 83.7 cm³/mol. The maximum absolute atomic E-state index is 12.4. The fourth-order valence-electron chi connectivity index (χ4n) is 1.56. The number of hydrogen-bond donors (Lipinski definition) is 2. The van der Waals surface area contributed by atoms with Crippen LogP contribution in [-0.2, 0) is 10.0 Å². The number of hydrogen-bond acceptors (Lipinski definition) is 4. The molecule has 20 heavy (non-hydrogen) atoms. The molecule has 2 N–H and O–H groups in total. The van der Waals surface area contributed by atoms with Crippen LogP contribution in [-0.4, -0.2) is 20.4 Å². The summed E-state index contributed by atoms with van der Waals surface area (Å²) < 4.78 is 27.9. The number of nitrogens with zero attached hydrogens (tertiary/aromatic N) is 1. The van der Waals surface area contributed by atoms with Crippen molar-refractivity contribution in [2.75, 3.05) is 17.1 Å². The molecule has 2 rings (SSSR count). The highest BCUT2D eigenvalue weighted by Crippen LogP contribution is 2.28. The van der Waals surface area contributed by atoms with Gasteiger partial charge in [-0.3, -0.25) is 4.72 Å². The monoisotopic (exact) mass is 375 g/mol. The SMILES string of the molecule is CNc1cccnc1S(=O)(=O)Nc1cc(Br)ccc1Cl. The van der Waals surface area contributed by atoms with Gasteiger partial charge in [0.2, 0.25) is 0 Å². The zero-order valence-corrected chi connectivity index (χ0v) is 13.6. The summed E-state index contributed by atoms with van der Waals surface area (Å²) in [6.45, 7) is 0. The summed E-state index contributed by atoms with van der Waals surface area (Å²) in [7, 11) is -2.20. The van der Waals surface area contributed by atoms with E-state index in [0.717, 1.165) is 4.47 Å². The molecule has 2 aromatic rings. The molecule has 106 valence electrons. The quantitative estimate of drug-likeness (QED) is 0.858. The first-order chi connectivity index (χ1) is 9.44. The van der Waals surface area contributed by atoms with Gasteiger partial charge in [-0.25, -0.2) is 4.98 Å². The van der Waals surface area contributed by atoms with Gasteiger partial charge in [0.05, 0.1) is 16.4 Å². The molecule has 0 unspecified atom stereocenters. The lowest BCUT2D eigenvalue weighted by Gasteiger charge is -2.12. The third kappa shape index (κ3) is 3.23. The summed E-state index contributed by atoms with van der Waals surface area (Å²) in [5.74, 6) is 0. The van der Waals surface area contributed by atoms with Gasteiger partial charge in [0.25, 0.3) is 10.0 Å². The summed E-state index contributed by atoms with van der Waals surface area (Å²) in [5, 5.41) is 3.01. The Hall–Kier alpha value is -1.31. The second kappa shape index (κ2) is 5.99. The maximum Gasteiger partial charge on any atom is 0.281 e. The Balaban J connectivity index is 2.43. The van der Waals surface area contributed by atoms with Gasteiger partial charge >= 0.3 is 0 Å². The Labute approximate surface area is 130 Å². The third-order valence-corrected chi connectivity index (χ3v) is 4.61. The molecule has 0 atom stereocenters. The van der Waals surface area contributed by atoms with Crippen molar-refractivity contribution in [2.24, 2.45) is 0 Å². The maximum atomic E-state index is 12.4. The number of pyridine rings is 1. The normalized spacial score (nSPS) is 11.2. The second-order valence-corrected chi connectivity index (χ2v) is 6.76. The molecule has 0 aliphatic heterocycles. The Bertz CT molecular complexity index is 737. The molecule has 0 radical (unpaired) electrons. The number of aromatic nitrogens is 1. The highest BCUT2D eigenvalue weighted by molar-refractivity contribution is 9.10. The highest BCUT2D eigenvalue weighted by atomic mass is 79.9. The van der Waals surface area contributed by atoms with Gasteiger partial charge in [0.15, 0.2) is 5.03 Å². The molecular formula is C12H11BrClN3O2S. The van der Waals surface area contributed by atoms with Crippen LogP contribution in [0.25, 0.3) is 0 Å². The highest BCUT2D eigenvalue weighted by Gasteiger charge is 2.20. The van der Waals surface area contributed by atoms with Crippen LogP contribution >= 0.6 is 27.5 Å². The van der Waals surface area contributed by atoms with Gasteiger partial charge in [-0.2, -0.15) is 8.42 Å². The zero-order chi connectivity index (χ0) is 14.8. The van der Waals surface area contributed by atoms with Gasteiger partial charge in [0, 0.05) is 17.7 Å². The fraction of sp³-hybridized carbons (Fsp3) is 0.0833. The van der Waals surface area contributed by atoms with E-state index in [2.05, 4.69) is 31.0 Å². The van der Waals surface area contributed by atoms with Crippen LogP contribution < -0.4 is 10.0 Å². The predicted octanol–water partition coefficient (Wildman–Crippen LogP) is 3.34. The van der Waals surface area contributed by atoms with E-state index in [1.807, 2.05) is 0 Å². The van der Waals surface area contributed by atoms with Crippen molar-refractivity contribution < 1.29 is 8.42 Å². The number of anilines is 2. The van der Waals surface area contributed by atoms with Crippen molar-refractivity contribution in [2.45, 2.75) is 5.03 Å². The topological polar surface area (TPSA) is 71.1 Å². The zero-order valence-electron chi connectivity index (χ0n) is 10.4. The minimum Gasteiger partial charge on any atom is -0.386 e. The molecule has 8 heteroatoms. The molecule has 0 aliphatic rings. The van der Waals surface area contributed by atoms with E-state index in [1.165, 1.54) is 6.20 Å². The number of nitrogens with one attached hydrogen (secondary N) is 2. The summed E-state index contributed by atoms with van der Waals surface area (Å²) in [6.07, 6.45) is 1.41. The lowest BCUT2D eigenvalue weighted by molar-refractivity contribution is 0.598. The number of benzene rings is 1. The summed E-state index contributed by atoms with van der Waals surface area (Å²) in [4.78, 5) is 3.90. The summed E-state index contributed by atoms with van der Waals surface area (Å²) >= 11 is 9.25. The van der Waals surface area contributed by atoms with E-state index in [0.29, 0.717) is 10.7 Å². The average Bonchev–Trinajstić information content (AvgIpc) is 2.42. The lowest BCUT2D eigenvalue weighted by Crippen LogP contribution is -2.16. The van der Waals surface area contributed by atoms with E-state index in [9.17, 15) is 8.42 Å². The van der Waals surface area contributed by atoms with Crippen molar-refractivity contribution in [3.05, 3.63) is 46.0 Å².